The summed E-state index contributed by atoms with van der Waals surface area (Å²) in [6.07, 6.45) is 2.66. The molecule has 1 aromatic heterocycles. The normalized spacial score (nSPS) is 21.4. The fourth-order valence-electron chi connectivity index (χ4n) is 2.79. The lowest BCUT2D eigenvalue weighted by Gasteiger charge is -2.23. The summed E-state index contributed by atoms with van der Waals surface area (Å²) in [5.41, 5.74) is 1.60. The lowest BCUT2D eigenvalue weighted by atomic mass is 9.90. The average molecular weight is 231 g/mol. The summed E-state index contributed by atoms with van der Waals surface area (Å²) in [6, 6.07) is 8.82. The van der Waals surface area contributed by atoms with E-state index in [1.807, 2.05) is 11.3 Å². The number of fused-ring (bicyclic) bond motifs is 1. The summed E-state index contributed by atoms with van der Waals surface area (Å²) in [7, 11) is 0. The van der Waals surface area contributed by atoms with Crippen molar-refractivity contribution in [2.45, 2.75) is 25.7 Å². The van der Waals surface area contributed by atoms with Gasteiger partial charge in [0.15, 0.2) is 0 Å². The number of hydrogen-bond donors (Lipinski definition) is 1. The molecule has 2 heteroatoms. The topological polar surface area (TPSA) is 12.0 Å². The van der Waals surface area contributed by atoms with E-state index in [0.29, 0.717) is 0 Å². The second-order valence-corrected chi connectivity index (χ2v) is 5.87. The van der Waals surface area contributed by atoms with Gasteiger partial charge in [-0.3, -0.25) is 0 Å². The van der Waals surface area contributed by atoms with Gasteiger partial charge in [0, 0.05) is 16.1 Å². The Morgan fingerprint density at radius 2 is 2.19 bits per heavy atom. The zero-order valence-electron chi connectivity index (χ0n) is 9.62. The Bertz CT molecular complexity index is 494. The summed E-state index contributed by atoms with van der Waals surface area (Å²) in [5, 5.41) is 5.00. The second kappa shape index (κ2) is 4.19. The SMILES string of the molecule is Cc1sc2ccccc2c1C1CCCNC1. The van der Waals surface area contributed by atoms with Gasteiger partial charge in [-0.05, 0) is 49.2 Å². The quantitative estimate of drug-likeness (QED) is 0.789. The van der Waals surface area contributed by atoms with E-state index in [4.69, 9.17) is 0 Å². The highest BCUT2D eigenvalue weighted by molar-refractivity contribution is 7.19. The summed E-state index contributed by atoms with van der Waals surface area (Å²) in [5.74, 6) is 0.727. The Morgan fingerprint density at radius 3 is 3.00 bits per heavy atom. The summed E-state index contributed by atoms with van der Waals surface area (Å²) < 4.78 is 1.44. The zero-order chi connectivity index (χ0) is 11.0. The molecule has 1 fully saturated rings. The van der Waals surface area contributed by atoms with E-state index in [0.717, 1.165) is 12.5 Å². The summed E-state index contributed by atoms with van der Waals surface area (Å²) in [4.78, 5) is 1.51. The number of piperidine rings is 1. The van der Waals surface area contributed by atoms with E-state index in [-0.39, 0.29) is 0 Å². The van der Waals surface area contributed by atoms with Crippen LogP contribution >= 0.6 is 11.3 Å². The highest BCUT2D eigenvalue weighted by atomic mass is 32.1. The predicted molar refractivity (Wildman–Crippen MR) is 71.4 cm³/mol. The van der Waals surface area contributed by atoms with E-state index < -0.39 is 0 Å². The highest BCUT2D eigenvalue weighted by Crippen LogP contribution is 2.37. The Morgan fingerprint density at radius 1 is 1.31 bits per heavy atom. The minimum absolute atomic E-state index is 0.727. The van der Waals surface area contributed by atoms with Gasteiger partial charge in [0.25, 0.3) is 0 Å². The monoisotopic (exact) mass is 231 g/mol. The maximum Gasteiger partial charge on any atom is 0.0348 e. The molecule has 3 rings (SSSR count). The van der Waals surface area contributed by atoms with Crippen molar-refractivity contribution in [3.8, 4) is 0 Å². The minimum atomic E-state index is 0.727. The first-order valence-electron chi connectivity index (χ1n) is 6.05. The number of hydrogen-bond acceptors (Lipinski definition) is 2. The predicted octanol–water partition coefficient (Wildman–Crippen LogP) is 3.68. The molecule has 1 N–H and O–H groups in total. The maximum atomic E-state index is 3.52. The van der Waals surface area contributed by atoms with E-state index in [9.17, 15) is 0 Å². The third-order valence-corrected chi connectivity index (χ3v) is 4.63. The van der Waals surface area contributed by atoms with Gasteiger partial charge in [-0.25, -0.2) is 0 Å². The first-order chi connectivity index (χ1) is 7.86. The van der Waals surface area contributed by atoms with Crippen LogP contribution in [0.1, 0.15) is 29.2 Å². The molecule has 1 unspecified atom stereocenters. The van der Waals surface area contributed by atoms with E-state index >= 15 is 0 Å². The van der Waals surface area contributed by atoms with E-state index in [1.54, 1.807) is 5.56 Å². The summed E-state index contributed by atoms with van der Waals surface area (Å²) >= 11 is 1.94. The minimum Gasteiger partial charge on any atom is -0.316 e. The number of aryl methyl sites for hydroxylation is 1. The molecule has 0 amide bonds. The maximum absolute atomic E-state index is 3.52. The van der Waals surface area contributed by atoms with Crippen LogP contribution in [0.3, 0.4) is 0 Å². The van der Waals surface area contributed by atoms with Crippen LogP contribution in [0.25, 0.3) is 10.1 Å². The average Bonchev–Trinajstić information content (AvgIpc) is 2.66. The van der Waals surface area contributed by atoms with Crippen molar-refractivity contribution in [2.24, 2.45) is 0 Å². The van der Waals surface area contributed by atoms with Gasteiger partial charge in [0.05, 0.1) is 0 Å². The van der Waals surface area contributed by atoms with Crippen molar-refractivity contribution >= 4 is 21.4 Å². The molecule has 84 valence electrons. The Hall–Kier alpha value is -0.860. The van der Waals surface area contributed by atoms with Gasteiger partial charge in [-0.1, -0.05) is 18.2 Å². The highest BCUT2D eigenvalue weighted by Gasteiger charge is 2.20. The van der Waals surface area contributed by atoms with Crippen molar-refractivity contribution in [3.05, 3.63) is 34.7 Å². The first kappa shape index (κ1) is 10.3. The second-order valence-electron chi connectivity index (χ2n) is 4.61. The molecule has 16 heavy (non-hydrogen) atoms. The molecular weight excluding hydrogens is 214 g/mol. The Kier molecular flexibility index (Phi) is 2.70. The van der Waals surface area contributed by atoms with Gasteiger partial charge in [0.1, 0.15) is 0 Å². The first-order valence-corrected chi connectivity index (χ1v) is 6.86. The van der Waals surface area contributed by atoms with Crippen LogP contribution in [0.5, 0.6) is 0 Å². The zero-order valence-corrected chi connectivity index (χ0v) is 10.4. The lowest BCUT2D eigenvalue weighted by molar-refractivity contribution is 0.463. The molecule has 2 heterocycles. The largest absolute Gasteiger partial charge is 0.316 e. The molecule has 0 saturated carbocycles. The molecule has 0 bridgehead atoms. The molecule has 2 aromatic rings. The van der Waals surface area contributed by atoms with Gasteiger partial charge in [-0.2, -0.15) is 0 Å². The standard InChI is InChI=1S/C14H17NS/c1-10-14(11-5-4-8-15-9-11)12-6-2-3-7-13(12)16-10/h2-3,6-7,11,15H,4-5,8-9H2,1H3. The fourth-order valence-corrected chi connectivity index (χ4v) is 3.94. The summed E-state index contributed by atoms with van der Waals surface area (Å²) in [6.45, 7) is 4.62. The number of thiophene rings is 1. The van der Waals surface area contributed by atoms with Crippen molar-refractivity contribution in [1.82, 2.24) is 5.32 Å². The van der Waals surface area contributed by atoms with E-state index in [2.05, 4.69) is 36.5 Å². The van der Waals surface area contributed by atoms with Crippen molar-refractivity contribution < 1.29 is 0 Å². The fraction of sp³-hybridized carbons (Fsp3) is 0.429. The number of benzene rings is 1. The van der Waals surface area contributed by atoms with Crippen LogP contribution in [0.4, 0.5) is 0 Å². The number of nitrogens with one attached hydrogen (secondary N) is 1. The molecule has 1 atom stereocenters. The lowest BCUT2D eigenvalue weighted by Crippen LogP contribution is -2.28. The molecule has 0 radical (unpaired) electrons. The van der Waals surface area contributed by atoms with Crippen LogP contribution in [-0.4, -0.2) is 13.1 Å². The molecule has 1 aliphatic heterocycles. The molecule has 0 spiro atoms. The van der Waals surface area contributed by atoms with Crippen LogP contribution in [0.15, 0.2) is 24.3 Å². The Labute approximate surface area is 100 Å². The van der Waals surface area contributed by atoms with Crippen LogP contribution in [-0.2, 0) is 0 Å². The van der Waals surface area contributed by atoms with Crippen molar-refractivity contribution in [1.29, 1.82) is 0 Å². The van der Waals surface area contributed by atoms with Crippen LogP contribution in [0, 0.1) is 6.92 Å². The van der Waals surface area contributed by atoms with Crippen molar-refractivity contribution in [3.63, 3.8) is 0 Å². The molecule has 1 aliphatic rings. The van der Waals surface area contributed by atoms with Gasteiger partial charge >= 0.3 is 0 Å². The van der Waals surface area contributed by atoms with Crippen molar-refractivity contribution in [2.75, 3.05) is 13.1 Å². The van der Waals surface area contributed by atoms with Crippen LogP contribution < -0.4 is 5.32 Å². The molecule has 1 aromatic carbocycles. The molecule has 0 aliphatic carbocycles. The van der Waals surface area contributed by atoms with E-state index in [1.165, 1.54) is 34.3 Å². The third kappa shape index (κ3) is 1.66. The third-order valence-electron chi connectivity index (χ3n) is 3.52. The van der Waals surface area contributed by atoms with Crippen LogP contribution in [0.2, 0.25) is 0 Å². The molecule has 1 nitrogen and oxygen atoms in total. The number of rotatable bonds is 1. The molecular formula is C14H17NS. The van der Waals surface area contributed by atoms with Gasteiger partial charge < -0.3 is 5.32 Å². The van der Waals surface area contributed by atoms with Gasteiger partial charge in [-0.15, -0.1) is 11.3 Å². The molecule has 1 saturated heterocycles. The van der Waals surface area contributed by atoms with Gasteiger partial charge in [0.2, 0.25) is 0 Å². The Balaban J connectivity index is 2.10. The smallest absolute Gasteiger partial charge is 0.0348 e.